The maximum atomic E-state index is 9.12. The molecule has 3 rings (SSSR count). The number of benzene rings is 2. The van der Waals surface area contributed by atoms with Gasteiger partial charge in [0.15, 0.2) is 5.96 Å². The predicted molar refractivity (Wildman–Crippen MR) is 85.6 cm³/mol. The highest BCUT2D eigenvalue weighted by molar-refractivity contribution is 5.87. The van der Waals surface area contributed by atoms with Crippen molar-refractivity contribution in [2.45, 2.75) is 0 Å². The maximum absolute atomic E-state index is 9.12. The normalized spacial score (nSPS) is 16.2. The van der Waals surface area contributed by atoms with Crippen LogP contribution in [0.25, 0.3) is 11.1 Å². The summed E-state index contributed by atoms with van der Waals surface area (Å²) in [5.41, 5.74) is 3.21. The summed E-state index contributed by atoms with van der Waals surface area (Å²) in [6.45, 7) is 2.50. The molecule has 4 nitrogen and oxygen atoms in total. The lowest BCUT2D eigenvalue weighted by Crippen LogP contribution is -2.32. The number of aliphatic hydroxyl groups excluding tert-OH is 1. The fourth-order valence-electron chi connectivity index (χ4n) is 2.52. The lowest BCUT2D eigenvalue weighted by molar-refractivity contribution is 0.257. The smallest absolute Gasteiger partial charge is 0.199 e. The molecule has 0 radical (unpaired) electrons. The third kappa shape index (κ3) is 3.06. The molecular weight excluding hydrogens is 262 g/mol. The monoisotopic (exact) mass is 281 g/mol. The van der Waals surface area contributed by atoms with Crippen molar-refractivity contribution in [2.75, 3.05) is 26.2 Å². The number of nitrogens with zero attached hydrogens (tertiary/aromatic N) is 2. The van der Waals surface area contributed by atoms with Crippen LogP contribution in [-0.4, -0.2) is 42.2 Å². The zero-order chi connectivity index (χ0) is 14.5. The number of para-hydroxylation sites is 1. The highest BCUT2D eigenvalue weighted by atomic mass is 16.3. The second kappa shape index (κ2) is 6.41. The Morgan fingerprint density at radius 3 is 2.62 bits per heavy atom. The van der Waals surface area contributed by atoms with Gasteiger partial charge in [0.25, 0.3) is 0 Å². The van der Waals surface area contributed by atoms with Crippen molar-refractivity contribution >= 4 is 11.6 Å². The molecule has 108 valence electrons. The summed E-state index contributed by atoms with van der Waals surface area (Å²) in [6, 6.07) is 18.4. The van der Waals surface area contributed by atoms with Gasteiger partial charge in [0.05, 0.1) is 12.3 Å². The molecule has 2 N–H and O–H groups in total. The summed E-state index contributed by atoms with van der Waals surface area (Å²) in [5, 5.41) is 12.4. The summed E-state index contributed by atoms with van der Waals surface area (Å²) in [6.07, 6.45) is 0. The van der Waals surface area contributed by atoms with Crippen LogP contribution in [-0.2, 0) is 0 Å². The van der Waals surface area contributed by atoms with Crippen molar-refractivity contribution in [1.82, 2.24) is 10.2 Å². The van der Waals surface area contributed by atoms with Gasteiger partial charge in [-0.1, -0.05) is 48.5 Å². The number of aliphatic hydroxyl groups is 1. The molecule has 0 spiro atoms. The van der Waals surface area contributed by atoms with Crippen molar-refractivity contribution in [3.63, 3.8) is 0 Å². The van der Waals surface area contributed by atoms with E-state index in [0.717, 1.165) is 35.9 Å². The topological polar surface area (TPSA) is 47.9 Å². The van der Waals surface area contributed by atoms with Crippen molar-refractivity contribution in [3.8, 4) is 11.1 Å². The lowest BCUT2D eigenvalue weighted by atomic mass is 10.0. The molecule has 2 aromatic carbocycles. The van der Waals surface area contributed by atoms with E-state index in [1.165, 1.54) is 0 Å². The van der Waals surface area contributed by atoms with E-state index in [1.54, 1.807) is 0 Å². The number of nitrogens with one attached hydrogen (secondary N) is 1. The van der Waals surface area contributed by atoms with Gasteiger partial charge in [0.1, 0.15) is 0 Å². The predicted octanol–water partition coefficient (Wildman–Crippen LogP) is 2.24. The molecule has 1 aliphatic heterocycles. The van der Waals surface area contributed by atoms with Gasteiger partial charge in [0.2, 0.25) is 0 Å². The van der Waals surface area contributed by atoms with E-state index in [1.807, 2.05) is 36.4 Å². The average molecular weight is 281 g/mol. The van der Waals surface area contributed by atoms with Crippen LogP contribution in [0.2, 0.25) is 0 Å². The van der Waals surface area contributed by atoms with E-state index in [-0.39, 0.29) is 6.61 Å². The molecule has 21 heavy (non-hydrogen) atoms. The Kier molecular flexibility index (Phi) is 4.17. The van der Waals surface area contributed by atoms with Crippen LogP contribution >= 0.6 is 0 Å². The van der Waals surface area contributed by atoms with E-state index in [2.05, 4.69) is 28.4 Å². The number of hydrogen-bond donors (Lipinski definition) is 2. The van der Waals surface area contributed by atoms with Crippen molar-refractivity contribution in [3.05, 3.63) is 54.6 Å². The van der Waals surface area contributed by atoms with Gasteiger partial charge in [-0.2, -0.15) is 0 Å². The zero-order valence-corrected chi connectivity index (χ0v) is 11.9. The molecule has 0 atom stereocenters. The van der Waals surface area contributed by atoms with Crippen LogP contribution in [0.15, 0.2) is 59.6 Å². The summed E-state index contributed by atoms with van der Waals surface area (Å²) in [7, 11) is 0. The van der Waals surface area contributed by atoms with Crippen LogP contribution in [0.4, 0.5) is 5.69 Å². The minimum atomic E-state index is 0.140. The summed E-state index contributed by atoms with van der Waals surface area (Å²) in [5.74, 6) is 0.840. The summed E-state index contributed by atoms with van der Waals surface area (Å²) < 4.78 is 0. The Labute approximate surface area is 124 Å². The first-order valence-electron chi connectivity index (χ1n) is 7.21. The average Bonchev–Trinajstić information content (AvgIpc) is 2.96. The van der Waals surface area contributed by atoms with E-state index in [9.17, 15) is 0 Å². The third-order valence-electron chi connectivity index (χ3n) is 3.55. The van der Waals surface area contributed by atoms with E-state index in [4.69, 9.17) is 10.1 Å². The van der Waals surface area contributed by atoms with Crippen molar-refractivity contribution < 1.29 is 5.11 Å². The molecule has 4 heteroatoms. The van der Waals surface area contributed by atoms with Crippen molar-refractivity contribution in [2.24, 2.45) is 4.99 Å². The summed E-state index contributed by atoms with van der Waals surface area (Å²) >= 11 is 0. The standard InChI is InChI=1S/C17H19N3O/c21-13-12-20-11-10-18-17(20)19-16-9-5-4-8-15(16)14-6-2-1-3-7-14/h1-9,21H,10-13H2,(H,18,19). The number of rotatable bonds is 4. The first-order chi connectivity index (χ1) is 10.4. The van der Waals surface area contributed by atoms with Gasteiger partial charge in [-0.05, 0) is 11.6 Å². The second-order valence-electron chi connectivity index (χ2n) is 4.96. The van der Waals surface area contributed by atoms with Crippen LogP contribution < -0.4 is 5.32 Å². The fourth-order valence-corrected chi connectivity index (χ4v) is 2.52. The first-order valence-corrected chi connectivity index (χ1v) is 7.21. The van der Waals surface area contributed by atoms with Gasteiger partial charge in [0, 0.05) is 25.2 Å². The number of β-amino-alcohol motifs (C(OH)–C–C–N with tert-alkyl or cyclic N) is 1. The Hall–Kier alpha value is -2.33. The highest BCUT2D eigenvalue weighted by Gasteiger charge is 2.17. The van der Waals surface area contributed by atoms with Crippen LogP contribution in [0.1, 0.15) is 0 Å². The number of guanidine groups is 1. The molecule has 1 fully saturated rings. The van der Waals surface area contributed by atoms with E-state index >= 15 is 0 Å². The van der Waals surface area contributed by atoms with Gasteiger partial charge < -0.3 is 15.3 Å². The Morgan fingerprint density at radius 1 is 1.05 bits per heavy atom. The van der Waals surface area contributed by atoms with E-state index in [0.29, 0.717) is 6.54 Å². The van der Waals surface area contributed by atoms with E-state index < -0.39 is 0 Å². The Bertz CT molecular complexity index is 625. The minimum Gasteiger partial charge on any atom is -0.395 e. The Balaban J connectivity index is 1.96. The zero-order valence-electron chi connectivity index (χ0n) is 11.9. The molecular formula is C17H19N3O. The molecule has 1 heterocycles. The molecule has 0 saturated carbocycles. The largest absolute Gasteiger partial charge is 0.395 e. The highest BCUT2D eigenvalue weighted by Crippen LogP contribution is 2.30. The maximum Gasteiger partial charge on any atom is 0.199 e. The Morgan fingerprint density at radius 2 is 1.81 bits per heavy atom. The second-order valence-corrected chi connectivity index (χ2v) is 4.96. The molecule has 1 aliphatic rings. The van der Waals surface area contributed by atoms with Crippen LogP contribution in [0.3, 0.4) is 0 Å². The lowest BCUT2D eigenvalue weighted by Gasteiger charge is -2.16. The first kappa shape index (κ1) is 13.6. The summed E-state index contributed by atoms with van der Waals surface area (Å²) in [4.78, 5) is 6.83. The van der Waals surface area contributed by atoms with Gasteiger partial charge in [-0.15, -0.1) is 0 Å². The number of hydrogen-bond acceptors (Lipinski definition) is 2. The molecule has 0 aromatic heterocycles. The van der Waals surface area contributed by atoms with Crippen molar-refractivity contribution in [1.29, 1.82) is 0 Å². The van der Waals surface area contributed by atoms with Gasteiger partial charge >= 0.3 is 0 Å². The van der Waals surface area contributed by atoms with Gasteiger partial charge in [-0.25, -0.2) is 4.99 Å². The molecule has 0 aliphatic carbocycles. The quantitative estimate of drug-likeness (QED) is 0.903. The fraction of sp³-hybridized carbons (Fsp3) is 0.235. The van der Waals surface area contributed by atoms with Crippen LogP contribution in [0.5, 0.6) is 0 Å². The molecule has 0 amide bonds. The SMILES string of the molecule is OCCN1CCN/C1=N\c1ccccc1-c1ccccc1. The molecule has 0 bridgehead atoms. The molecule has 2 aromatic rings. The third-order valence-corrected chi connectivity index (χ3v) is 3.55. The number of aliphatic imine (C=N–C) groups is 1. The molecule has 0 unspecified atom stereocenters. The van der Waals surface area contributed by atoms with Gasteiger partial charge in [-0.3, -0.25) is 0 Å². The molecule has 1 saturated heterocycles. The van der Waals surface area contributed by atoms with Crippen LogP contribution in [0, 0.1) is 0 Å². The minimum absolute atomic E-state index is 0.140.